The number of hydrogen-bond donors (Lipinski definition) is 0. The van der Waals surface area contributed by atoms with Gasteiger partial charge in [0.05, 0.1) is 24.3 Å². The van der Waals surface area contributed by atoms with Gasteiger partial charge in [0, 0.05) is 24.3 Å². The van der Waals surface area contributed by atoms with Crippen LogP contribution in [0.4, 0.5) is 4.39 Å². The molecule has 27 heavy (non-hydrogen) atoms. The fraction of sp³-hybridized carbons (Fsp3) is 0.300. The highest BCUT2D eigenvalue weighted by Gasteiger charge is 2.26. The van der Waals surface area contributed by atoms with Crippen LogP contribution in [0.3, 0.4) is 0 Å². The van der Waals surface area contributed by atoms with Crippen molar-refractivity contribution in [1.82, 2.24) is 9.55 Å². The molecule has 3 rings (SSSR count). The van der Waals surface area contributed by atoms with Gasteiger partial charge in [-0.05, 0) is 43.7 Å². The van der Waals surface area contributed by atoms with Crippen LogP contribution in [0.2, 0.25) is 5.02 Å². The third-order valence-electron chi connectivity index (χ3n) is 4.43. The predicted octanol–water partition coefficient (Wildman–Crippen LogP) is 4.66. The summed E-state index contributed by atoms with van der Waals surface area (Å²) in [7, 11) is 2.93. The Balaban J connectivity index is 2.28. The van der Waals surface area contributed by atoms with Crippen LogP contribution in [0.1, 0.15) is 24.3 Å². The molecule has 0 unspecified atom stereocenters. The third-order valence-corrected chi connectivity index (χ3v) is 4.73. The molecule has 2 heterocycles. The number of methoxy groups -OCH3 is 2. The monoisotopic (exact) mass is 390 g/mol. The number of carbonyl (C=O) groups is 1. The Morgan fingerprint density at radius 1 is 1.26 bits per heavy atom. The molecule has 0 saturated heterocycles. The van der Waals surface area contributed by atoms with Gasteiger partial charge in [-0.2, -0.15) is 0 Å². The molecule has 142 valence electrons. The summed E-state index contributed by atoms with van der Waals surface area (Å²) >= 11 is 5.82. The number of rotatable bonds is 5. The fourth-order valence-electron chi connectivity index (χ4n) is 3.10. The van der Waals surface area contributed by atoms with Crippen molar-refractivity contribution < 1.29 is 18.7 Å². The van der Waals surface area contributed by atoms with Crippen LogP contribution in [0.5, 0.6) is 0 Å². The van der Waals surface area contributed by atoms with Crippen molar-refractivity contribution in [2.75, 3.05) is 20.8 Å². The molecule has 0 aliphatic carbocycles. The zero-order chi connectivity index (χ0) is 19.8. The highest BCUT2D eigenvalue weighted by Crippen LogP contribution is 2.35. The quantitative estimate of drug-likeness (QED) is 0.594. The van der Waals surface area contributed by atoms with Gasteiger partial charge in [-0.1, -0.05) is 17.7 Å². The van der Waals surface area contributed by atoms with Gasteiger partial charge in [0.1, 0.15) is 11.5 Å². The number of benzene rings is 1. The van der Waals surface area contributed by atoms with Gasteiger partial charge >= 0.3 is 5.97 Å². The minimum atomic E-state index is -0.520. The molecule has 0 fully saturated rings. The van der Waals surface area contributed by atoms with E-state index in [2.05, 4.69) is 4.98 Å². The molecular weight excluding hydrogens is 371 g/mol. The van der Waals surface area contributed by atoms with Gasteiger partial charge in [-0.15, -0.1) is 0 Å². The van der Waals surface area contributed by atoms with Gasteiger partial charge in [-0.3, -0.25) is 0 Å². The van der Waals surface area contributed by atoms with Gasteiger partial charge in [0.2, 0.25) is 0 Å². The van der Waals surface area contributed by atoms with Crippen LogP contribution in [0.15, 0.2) is 36.5 Å². The van der Waals surface area contributed by atoms with Crippen molar-refractivity contribution in [2.24, 2.45) is 0 Å². The lowest BCUT2D eigenvalue weighted by molar-refractivity contribution is 0.0594. The molecule has 0 aliphatic heterocycles. The van der Waals surface area contributed by atoms with E-state index in [1.807, 2.05) is 24.6 Å². The number of ether oxygens (including phenoxy) is 2. The van der Waals surface area contributed by atoms with Crippen LogP contribution in [0.25, 0.3) is 22.2 Å². The first-order valence-corrected chi connectivity index (χ1v) is 8.71. The summed E-state index contributed by atoms with van der Waals surface area (Å²) in [4.78, 5) is 16.4. The first-order chi connectivity index (χ1) is 12.8. The summed E-state index contributed by atoms with van der Waals surface area (Å²) in [6, 6.07) is 8.04. The Labute approximate surface area is 161 Å². The summed E-state index contributed by atoms with van der Waals surface area (Å²) in [6.45, 7) is 4.42. The molecule has 2 aromatic heterocycles. The van der Waals surface area contributed by atoms with Crippen molar-refractivity contribution in [3.63, 3.8) is 0 Å². The van der Waals surface area contributed by atoms with Crippen molar-refractivity contribution in [2.45, 2.75) is 19.4 Å². The van der Waals surface area contributed by atoms with E-state index in [9.17, 15) is 9.18 Å². The van der Waals surface area contributed by atoms with Crippen LogP contribution in [-0.2, 0) is 15.0 Å². The molecule has 1 aromatic carbocycles. The normalized spacial score (nSPS) is 11.8. The van der Waals surface area contributed by atoms with Crippen molar-refractivity contribution in [1.29, 1.82) is 0 Å². The molecule has 0 saturated carbocycles. The number of hydrogen-bond acceptors (Lipinski definition) is 4. The van der Waals surface area contributed by atoms with Crippen molar-refractivity contribution in [3.05, 3.63) is 53.1 Å². The number of carbonyl (C=O) groups excluding carboxylic acids is 1. The van der Waals surface area contributed by atoms with Gasteiger partial charge in [0.25, 0.3) is 0 Å². The highest BCUT2D eigenvalue weighted by atomic mass is 35.5. The van der Waals surface area contributed by atoms with Gasteiger partial charge in [-0.25, -0.2) is 14.2 Å². The predicted molar refractivity (Wildman–Crippen MR) is 103 cm³/mol. The summed E-state index contributed by atoms with van der Waals surface area (Å²) < 4.78 is 26.1. The number of aromatic nitrogens is 2. The van der Waals surface area contributed by atoms with Crippen LogP contribution in [-0.4, -0.2) is 36.3 Å². The van der Waals surface area contributed by atoms with E-state index < -0.39 is 17.3 Å². The van der Waals surface area contributed by atoms with Crippen LogP contribution < -0.4 is 0 Å². The van der Waals surface area contributed by atoms with E-state index in [4.69, 9.17) is 21.1 Å². The lowest BCUT2D eigenvalue weighted by Crippen LogP contribution is -2.31. The second kappa shape index (κ2) is 7.29. The number of pyridine rings is 1. The molecule has 3 aromatic rings. The van der Waals surface area contributed by atoms with E-state index in [0.717, 1.165) is 10.9 Å². The molecule has 0 N–H and O–H groups in total. The Bertz CT molecular complexity index is 1010. The maximum atomic E-state index is 14.0. The lowest BCUT2D eigenvalue weighted by Gasteiger charge is -2.26. The first-order valence-electron chi connectivity index (χ1n) is 8.33. The minimum Gasteiger partial charge on any atom is -0.464 e. The lowest BCUT2D eigenvalue weighted by atomic mass is 10.1. The molecule has 0 amide bonds. The average molecular weight is 391 g/mol. The number of halogens is 2. The second-order valence-corrected chi connectivity index (χ2v) is 7.25. The Kier molecular flexibility index (Phi) is 5.22. The molecule has 7 heteroatoms. The Morgan fingerprint density at radius 2 is 2.00 bits per heavy atom. The molecule has 0 spiro atoms. The topological polar surface area (TPSA) is 53.4 Å². The summed E-state index contributed by atoms with van der Waals surface area (Å²) in [6.07, 6.45) is 1.89. The van der Waals surface area contributed by atoms with Crippen LogP contribution >= 0.6 is 11.6 Å². The Morgan fingerprint density at radius 3 is 2.63 bits per heavy atom. The molecule has 0 aliphatic rings. The molecular formula is C20H20ClFN2O3. The second-order valence-electron chi connectivity index (χ2n) is 6.85. The van der Waals surface area contributed by atoms with E-state index >= 15 is 0 Å². The standard InChI is InChI=1S/C20H20ClFN2O3/c1-20(2,11-26-3)24-10-14(12-5-7-15(21)16(22)9-12)13-6-8-17(19(25)27-4)23-18(13)24/h5-10H,11H2,1-4H3. The van der Waals surface area contributed by atoms with E-state index in [-0.39, 0.29) is 10.7 Å². The van der Waals surface area contributed by atoms with Crippen molar-refractivity contribution >= 4 is 28.6 Å². The minimum absolute atomic E-state index is 0.0632. The summed E-state index contributed by atoms with van der Waals surface area (Å²) in [5, 5.41) is 0.849. The Hall–Kier alpha value is -2.44. The van der Waals surface area contributed by atoms with E-state index in [1.165, 1.54) is 19.2 Å². The maximum Gasteiger partial charge on any atom is 0.356 e. The maximum absolute atomic E-state index is 14.0. The van der Waals surface area contributed by atoms with Gasteiger partial charge in [0.15, 0.2) is 5.69 Å². The number of esters is 1. The molecule has 0 bridgehead atoms. The van der Waals surface area contributed by atoms with E-state index in [1.54, 1.807) is 25.3 Å². The molecule has 0 atom stereocenters. The van der Waals surface area contributed by atoms with Gasteiger partial charge < -0.3 is 14.0 Å². The molecule has 5 nitrogen and oxygen atoms in total. The largest absolute Gasteiger partial charge is 0.464 e. The smallest absolute Gasteiger partial charge is 0.356 e. The van der Waals surface area contributed by atoms with Crippen molar-refractivity contribution in [3.8, 4) is 11.1 Å². The number of nitrogens with zero attached hydrogens (tertiary/aromatic N) is 2. The van der Waals surface area contributed by atoms with E-state index in [0.29, 0.717) is 17.8 Å². The average Bonchev–Trinajstić information content (AvgIpc) is 3.03. The highest BCUT2D eigenvalue weighted by molar-refractivity contribution is 6.30. The SMILES string of the molecule is COCC(C)(C)n1cc(-c2ccc(Cl)c(F)c2)c2ccc(C(=O)OC)nc21. The fourth-order valence-corrected chi connectivity index (χ4v) is 3.22. The molecule has 0 radical (unpaired) electrons. The third kappa shape index (κ3) is 3.55. The van der Waals surface area contributed by atoms with Crippen LogP contribution in [0, 0.1) is 5.82 Å². The summed E-state index contributed by atoms with van der Waals surface area (Å²) in [5.74, 6) is -1.02. The summed E-state index contributed by atoms with van der Waals surface area (Å²) in [5.41, 5.74) is 1.80. The number of fused-ring (bicyclic) bond motifs is 1. The zero-order valence-corrected chi connectivity index (χ0v) is 16.3. The zero-order valence-electron chi connectivity index (χ0n) is 15.5. The first kappa shape index (κ1) is 19.3.